The maximum atomic E-state index is 5.91. The molecule has 1 aromatic rings. The average molecular weight is 265 g/mol. The van der Waals surface area contributed by atoms with E-state index in [1.54, 1.807) is 0 Å². The van der Waals surface area contributed by atoms with Crippen molar-refractivity contribution in [2.75, 3.05) is 11.1 Å². The first-order chi connectivity index (χ1) is 8.69. The van der Waals surface area contributed by atoms with Crippen molar-refractivity contribution in [3.8, 4) is 5.88 Å². The highest BCUT2D eigenvalue weighted by atomic mass is 16.5. The first-order valence-corrected chi connectivity index (χ1v) is 6.93. The Morgan fingerprint density at radius 3 is 2.21 bits per heavy atom. The number of ether oxygens (including phenoxy) is 1. The van der Waals surface area contributed by atoms with Crippen molar-refractivity contribution in [3.05, 3.63) is 12.1 Å². The van der Waals surface area contributed by atoms with Crippen LogP contribution in [-0.4, -0.2) is 16.1 Å². The molecule has 108 valence electrons. The van der Waals surface area contributed by atoms with E-state index in [1.165, 1.54) is 0 Å². The fourth-order valence-corrected chi connectivity index (χ4v) is 1.63. The van der Waals surface area contributed by atoms with Gasteiger partial charge in [0.25, 0.3) is 0 Å². The van der Waals surface area contributed by atoms with Crippen LogP contribution in [0.5, 0.6) is 5.88 Å². The molecular formula is C15H27N3O. The van der Waals surface area contributed by atoms with E-state index < -0.39 is 0 Å². The number of nitrogens with one attached hydrogen (secondary N) is 1. The predicted molar refractivity (Wildman–Crippen MR) is 81.6 cm³/mol. The zero-order chi connectivity index (χ0) is 14.7. The maximum absolute atomic E-state index is 5.91. The van der Waals surface area contributed by atoms with Gasteiger partial charge in [0.1, 0.15) is 11.4 Å². The van der Waals surface area contributed by atoms with Gasteiger partial charge in [0.05, 0.1) is 5.69 Å². The van der Waals surface area contributed by atoms with Gasteiger partial charge < -0.3 is 15.8 Å². The van der Waals surface area contributed by atoms with Crippen LogP contribution in [-0.2, 0) is 0 Å². The van der Waals surface area contributed by atoms with Crippen molar-refractivity contribution in [2.24, 2.45) is 0 Å². The van der Waals surface area contributed by atoms with Gasteiger partial charge in [-0.05, 0) is 52.7 Å². The molecule has 0 aromatic carbocycles. The molecule has 0 unspecified atom stereocenters. The second-order valence-electron chi connectivity index (χ2n) is 6.20. The number of pyridine rings is 1. The lowest BCUT2D eigenvalue weighted by atomic mass is 9.96. The van der Waals surface area contributed by atoms with Crippen LogP contribution in [0.1, 0.15) is 54.4 Å². The van der Waals surface area contributed by atoms with Gasteiger partial charge in [-0.3, -0.25) is 0 Å². The Morgan fingerprint density at radius 2 is 1.74 bits per heavy atom. The van der Waals surface area contributed by atoms with Crippen molar-refractivity contribution >= 4 is 11.5 Å². The van der Waals surface area contributed by atoms with Crippen LogP contribution < -0.4 is 15.8 Å². The monoisotopic (exact) mass is 265 g/mol. The van der Waals surface area contributed by atoms with Crippen molar-refractivity contribution in [3.63, 3.8) is 0 Å². The number of aromatic nitrogens is 1. The SMILES string of the molecule is CCC(C)(CC)Nc1ccc(N)c(OC(C)(C)C)n1. The Kier molecular flexibility index (Phi) is 4.66. The van der Waals surface area contributed by atoms with Crippen LogP contribution in [0.4, 0.5) is 11.5 Å². The third-order valence-electron chi connectivity index (χ3n) is 3.28. The van der Waals surface area contributed by atoms with Crippen molar-refractivity contribution < 1.29 is 4.74 Å². The Hall–Kier alpha value is -1.45. The van der Waals surface area contributed by atoms with E-state index in [-0.39, 0.29) is 11.1 Å². The Bertz CT molecular complexity index is 420. The summed E-state index contributed by atoms with van der Waals surface area (Å²) in [5, 5.41) is 3.46. The lowest BCUT2D eigenvalue weighted by molar-refractivity contribution is 0.125. The Morgan fingerprint density at radius 1 is 1.16 bits per heavy atom. The topological polar surface area (TPSA) is 60.2 Å². The summed E-state index contributed by atoms with van der Waals surface area (Å²) in [6.07, 6.45) is 2.07. The molecule has 0 amide bonds. The molecule has 0 radical (unpaired) electrons. The molecule has 1 heterocycles. The van der Waals surface area contributed by atoms with E-state index >= 15 is 0 Å². The van der Waals surface area contributed by atoms with Crippen molar-refractivity contribution in [1.82, 2.24) is 4.98 Å². The molecule has 0 saturated heterocycles. The summed E-state index contributed by atoms with van der Waals surface area (Å²) in [5.74, 6) is 1.30. The smallest absolute Gasteiger partial charge is 0.239 e. The number of nitrogens with zero attached hydrogens (tertiary/aromatic N) is 1. The fourth-order valence-electron chi connectivity index (χ4n) is 1.63. The summed E-state index contributed by atoms with van der Waals surface area (Å²) < 4.78 is 5.78. The minimum Gasteiger partial charge on any atom is -0.470 e. The predicted octanol–water partition coefficient (Wildman–Crippen LogP) is 3.83. The lowest BCUT2D eigenvalue weighted by Gasteiger charge is -2.29. The van der Waals surface area contributed by atoms with Gasteiger partial charge in [0.2, 0.25) is 5.88 Å². The van der Waals surface area contributed by atoms with E-state index in [4.69, 9.17) is 10.5 Å². The van der Waals surface area contributed by atoms with Crippen LogP contribution >= 0.6 is 0 Å². The zero-order valence-corrected chi connectivity index (χ0v) is 13.0. The fraction of sp³-hybridized carbons (Fsp3) is 0.667. The summed E-state index contributed by atoms with van der Waals surface area (Å²) in [6.45, 7) is 12.5. The molecule has 0 bridgehead atoms. The summed E-state index contributed by atoms with van der Waals surface area (Å²) >= 11 is 0. The van der Waals surface area contributed by atoms with Gasteiger partial charge in [-0.25, -0.2) is 0 Å². The summed E-state index contributed by atoms with van der Waals surface area (Å²) in [4.78, 5) is 4.48. The number of nitrogens with two attached hydrogens (primary N) is 1. The van der Waals surface area contributed by atoms with E-state index in [1.807, 2.05) is 32.9 Å². The Balaban J connectivity index is 2.96. The molecule has 4 nitrogen and oxygen atoms in total. The van der Waals surface area contributed by atoms with Gasteiger partial charge in [-0.2, -0.15) is 4.98 Å². The van der Waals surface area contributed by atoms with Gasteiger partial charge in [-0.15, -0.1) is 0 Å². The molecular weight excluding hydrogens is 238 g/mol. The van der Waals surface area contributed by atoms with Gasteiger partial charge >= 0.3 is 0 Å². The number of hydrogen-bond donors (Lipinski definition) is 2. The summed E-state index contributed by atoms with van der Waals surface area (Å²) in [6, 6.07) is 3.73. The van der Waals surface area contributed by atoms with E-state index in [9.17, 15) is 0 Å². The lowest BCUT2D eigenvalue weighted by Crippen LogP contribution is -2.33. The molecule has 0 aliphatic carbocycles. The molecule has 0 aliphatic rings. The molecule has 1 aromatic heterocycles. The molecule has 0 atom stereocenters. The van der Waals surface area contributed by atoms with Crippen molar-refractivity contribution in [1.29, 1.82) is 0 Å². The minimum absolute atomic E-state index is 0.0438. The van der Waals surface area contributed by atoms with E-state index in [0.717, 1.165) is 18.7 Å². The molecule has 0 aliphatic heterocycles. The molecule has 0 fully saturated rings. The minimum atomic E-state index is -0.307. The first-order valence-electron chi connectivity index (χ1n) is 6.93. The van der Waals surface area contributed by atoms with E-state index in [2.05, 4.69) is 31.1 Å². The largest absolute Gasteiger partial charge is 0.470 e. The highest BCUT2D eigenvalue weighted by Crippen LogP contribution is 2.27. The molecule has 19 heavy (non-hydrogen) atoms. The second kappa shape index (κ2) is 5.68. The molecule has 1 rings (SSSR count). The number of rotatable bonds is 5. The maximum Gasteiger partial charge on any atom is 0.239 e. The number of hydrogen-bond acceptors (Lipinski definition) is 4. The summed E-state index contributed by atoms with van der Waals surface area (Å²) in [5.41, 5.74) is 6.21. The second-order valence-corrected chi connectivity index (χ2v) is 6.20. The van der Waals surface area contributed by atoms with Crippen LogP contribution in [0.15, 0.2) is 12.1 Å². The normalized spacial score (nSPS) is 12.3. The van der Waals surface area contributed by atoms with Gasteiger partial charge in [-0.1, -0.05) is 13.8 Å². The number of nitrogen functional groups attached to an aromatic ring is 1. The third-order valence-corrected chi connectivity index (χ3v) is 3.28. The Labute approximate surface area is 116 Å². The van der Waals surface area contributed by atoms with Crippen LogP contribution in [0, 0.1) is 0 Å². The highest BCUT2D eigenvalue weighted by molar-refractivity contribution is 5.54. The quantitative estimate of drug-likeness (QED) is 0.849. The molecule has 0 saturated carbocycles. The van der Waals surface area contributed by atoms with Gasteiger partial charge in [0, 0.05) is 5.54 Å². The van der Waals surface area contributed by atoms with Crippen LogP contribution in [0.3, 0.4) is 0 Å². The number of anilines is 2. The van der Waals surface area contributed by atoms with Gasteiger partial charge in [0.15, 0.2) is 0 Å². The molecule has 0 spiro atoms. The van der Waals surface area contributed by atoms with Crippen molar-refractivity contribution in [2.45, 2.75) is 65.5 Å². The van der Waals surface area contributed by atoms with Crippen LogP contribution in [0.25, 0.3) is 0 Å². The molecule has 4 heteroatoms. The zero-order valence-electron chi connectivity index (χ0n) is 13.0. The average Bonchev–Trinajstić information content (AvgIpc) is 2.31. The first kappa shape index (κ1) is 15.6. The molecule has 3 N–H and O–H groups in total. The highest BCUT2D eigenvalue weighted by Gasteiger charge is 2.21. The standard InChI is InChI=1S/C15H27N3O/c1-7-15(6,8-2)18-12-10-9-11(16)13(17-12)19-14(3,4)5/h9-10H,7-8,16H2,1-6H3,(H,17,18). The van der Waals surface area contributed by atoms with E-state index in [0.29, 0.717) is 11.6 Å². The third kappa shape index (κ3) is 4.62. The summed E-state index contributed by atoms with van der Waals surface area (Å²) in [7, 11) is 0. The van der Waals surface area contributed by atoms with Crippen LogP contribution in [0.2, 0.25) is 0 Å².